The van der Waals surface area contributed by atoms with Crippen molar-refractivity contribution in [3.63, 3.8) is 0 Å². The van der Waals surface area contributed by atoms with Gasteiger partial charge in [-0.3, -0.25) is 4.79 Å². The Labute approximate surface area is 196 Å². The average Bonchev–Trinajstić information content (AvgIpc) is 3.05. The van der Waals surface area contributed by atoms with E-state index in [-0.39, 0.29) is 23.6 Å². The highest BCUT2D eigenvalue weighted by Gasteiger charge is 2.58. The van der Waals surface area contributed by atoms with Gasteiger partial charge in [0.2, 0.25) is 0 Å². The largest absolute Gasteiger partial charge is 0.462 e. The molecule has 0 heterocycles. The second-order valence-electron chi connectivity index (χ2n) is 12.9. The first-order valence-corrected chi connectivity index (χ1v) is 13.6. The molecule has 0 aromatic heterocycles. The van der Waals surface area contributed by atoms with Gasteiger partial charge in [-0.2, -0.15) is 0 Å². The van der Waals surface area contributed by atoms with E-state index in [2.05, 4.69) is 34.6 Å². The maximum atomic E-state index is 12.0. The Kier molecular flexibility index (Phi) is 6.90. The Morgan fingerprint density at radius 1 is 1.12 bits per heavy atom. The van der Waals surface area contributed by atoms with E-state index in [1.54, 1.807) is 18.1 Å². The van der Waals surface area contributed by atoms with Gasteiger partial charge in [-0.1, -0.05) is 65.0 Å². The van der Waals surface area contributed by atoms with Crippen LogP contribution in [-0.2, 0) is 9.53 Å². The van der Waals surface area contributed by atoms with E-state index in [0.29, 0.717) is 11.3 Å². The predicted octanol–water partition coefficient (Wildman–Crippen LogP) is 7.07. The number of ether oxygens (including phenoxy) is 1. The normalized spacial score (nSPS) is 42.3. The molecule has 0 amide bonds. The first kappa shape index (κ1) is 24.3. The molecule has 3 nitrogen and oxygen atoms in total. The van der Waals surface area contributed by atoms with E-state index < -0.39 is 0 Å². The smallest absolute Gasteiger partial charge is 0.302 e. The zero-order valence-corrected chi connectivity index (χ0v) is 21.6. The molecule has 4 aliphatic rings. The van der Waals surface area contributed by atoms with Gasteiger partial charge in [0.15, 0.2) is 0 Å². The Hall–Kier alpha value is -0.830. The lowest BCUT2D eigenvalue weighted by molar-refractivity contribution is -0.157. The summed E-state index contributed by atoms with van der Waals surface area (Å²) in [5.41, 5.74) is 3.51. The zero-order chi connectivity index (χ0) is 23.3. The molecule has 3 saturated carbocycles. The minimum atomic E-state index is -0.268. The number of aliphatic hydroxyl groups excluding tert-OH is 1. The van der Waals surface area contributed by atoms with Crippen molar-refractivity contribution in [3.8, 4) is 0 Å². The van der Waals surface area contributed by atoms with Crippen molar-refractivity contribution >= 4 is 5.97 Å². The maximum Gasteiger partial charge on any atom is 0.302 e. The van der Waals surface area contributed by atoms with Crippen LogP contribution in [0.15, 0.2) is 11.1 Å². The molecule has 4 rings (SSSR count). The Morgan fingerprint density at radius 3 is 2.56 bits per heavy atom. The third-order valence-electron chi connectivity index (χ3n) is 10.4. The topological polar surface area (TPSA) is 46.5 Å². The molecule has 0 aromatic carbocycles. The van der Waals surface area contributed by atoms with E-state index in [4.69, 9.17) is 4.74 Å². The van der Waals surface area contributed by atoms with Gasteiger partial charge in [0.25, 0.3) is 0 Å². The molecule has 0 saturated heterocycles. The number of aliphatic hydroxyl groups is 1. The fraction of sp³-hybridized carbons (Fsp3) is 0.897. The van der Waals surface area contributed by atoms with Crippen LogP contribution >= 0.6 is 0 Å². The fourth-order valence-electron chi connectivity index (χ4n) is 8.86. The van der Waals surface area contributed by atoms with Crippen LogP contribution in [0.3, 0.4) is 0 Å². The third-order valence-corrected chi connectivity index (χ3v) is 10.4. The minimum absolute atomic E-state index is 0.0800. The first-order chi connectivity index (χ1) is 15.1. The van der Waals surface area contributed by atoms with E-state index in [1.807, 2.05) is 0 Å². The summed E-state index contributed by atoms with van der Waals surface area (Å²) in [4.78, 5) is 12.0. The molecule has 182 valence electrons. The van der Waals surface area contributed by atoms with Gasteiger partial charge < -0.3 is 9.84 Å². The average molecular weight is 445 g/mol. The number of hydrogen-bond acceptors (Lipinski definition) is 3. The Balaban J connectivity index is 1.59. The molecule has 0 aromatic rings. The number of fused-ring (bicyclic) bond motifs is 4. The number of carbonyl (C=O) groups excluding carboxylic acids is 1. The molecule has 32 heavy (non-hydrogen) atoms. The molecule has 0 aliphatic heterocycles. The van der Waals surface area contributed by atoms with Crippen LogP contribution in [0.25, 0.3) is 0 Å². The highest BCUT2D eigenvalue weighted by molar-refractivity contribution is 5.66. The Bertz CT molecular complexity index is 739. The highest BCUT2D eigenvalue weighted by atomic mass is 16.5. The monoisotopic (exact) mass is 444 g/mol. The number of carbonyl (C=O) groups is 1. The van der Waals surface area contributed by atoms with Crippen molar-refractivity contribution in [1.29, 1.82) is 0 Å². The van der Waals surface area contributed by atoms with Crippen molar-refractivity contribution in [2.75, 3.05) is 0 Å². The lowest BCUT2D eigenvalue weighted by Gasteiger charge is -2.56. The summed E-state index contributed by atoms with van der Waals surface area (Å²) in [5.74, 6) is 3.58. The second kappa shape index (κ2) is 9.08. The maximum absolute atomic E-state index is 12.0. The van der Waals surface area contributed by atoms with Crippen LogP contribution in [0.5, 0.6) is 0 Å². The van der Waals surface area contributed by atoms with E-state index >= 15 is 0 Å². The molecule has 3 heteroatoms. The van der Waals surface area contributed by atoms with Gasteiger partial charge in [0.05, 0.1) is 6.10 Å². The van der Waals surface area contributed by atoms with Crippen molar-refractivity contribution in [1.82, 2.24) is 0 Å². The van der Waals surface area contributed by atoms with Gasteiger partial charge in [-0.05, 0) is 86.4 Å². The molecule has 0 bridgehead atoms. The van der Waals surface area contributed by atoms with Gasteiger partial charge in [-0.25, -0.2) is 0 Å². The van der Waals surface area contributed by atoms with Crippen LogP contribution in [-0.4, -0.2) is 23.3 Å². The lowest BCUT2D eigenvalue weighted by atomic mass is 9.50. The van der Waals surface area contributed by atoms with E-state index in [1.165, 1.54) is 44.9 Å². The molecule has 0 radical (unpaired) electrons. The van der Waals surface area contributed by atoms with Crippen molar-refractivity contribution in [2.24, 2.45) is 40.4 Å². The quantitative estimate of drug-likeness (QED) is 0.352. The SMILES string of the molecule is CC(=O)OC1CC2C(=C3CCC(O)CC31C)CCC1(C)C(C(C)CCCC(C)C)CCC21. The molecule has 4 aliphatic carbocycles. The summed E-state index contributed by atoms with van der Waals surface area (Å²) in [5, 5.41) is 10.5. The summed E-state index contributed by atoms with van der Waals surface area (Å²) in [6, 6.07) is 0. The zero-order valence-electron chi connectivity index (χ0n) is 21.6. The second-order valence-corrected chi connectivity index (χ2v) is 12.9. The van der Waals surface area contributed by atoms with Crippen molar-refractivity contribution < 1.29 is 14.6 Å². The summed E-state index contributed by atoms with van der Waals surface area (Å²) in [6.45, 7) is 13.6. The van der Waals surface area contributed by atoms with Gasteiger partial charge in [0.1, 0.15) is 6.10 Å². The van der Waals surface area contributed by atoms with E-state index in [0.717, 1.165) is 49.4 Å². The molecular weight excluding hydrogens is 396 g/mol. The van der Waals surface area contributed by atoms with E-state index in [9.17, 15) is 9.90 Å². The summed E-state index contributed by atoms with van der Waals surface area (Å²) in [6.07, 6.45) is 12.6. The van der Waals surface area contributed by atoms with Crippen LogP contribution in [0, 0.1) is 40.4 Å². The Morgan fingerprint density at radius 2 is 1.88 bits per heavy atom. The van der Waals surface area contributed by atoms with Gasteiger partial charge in [0, 0.05) is 12.3 Å². The van der Waals surface area contributed by atoms with Crippen LogP contribution in [0.1, 0.15) is 112 Å². The highest BCUT2D eigenvalue weighted by Crippen LogP contribution is 2.66. The van der Waals surface area contributed by atoms with Crippen LogP contribution in [0.4, 0.5) is 0 Å². The minimum Gasteiger partial charge on any atom is -0.462 e. The molecule has 0 spiro atoms. The van der Waals surface area contributed by atoms with Gasteiger partial charge in [-0.15, -0.1) is 0 Å². The van der Waals surface area contributed by atoms with Crippen LogP contribution < -0.4 is 0 Å². The fourth-order valence-corrected chi connectivity index (χ4v) is 8.86. The number of allylic oxidation sites excluding steroid dienone is 1. The molecule has 1 N–H and O–H groups in total. The summed E-state index contributed by atoms with van der Waals surface area (Å²) in [7, 11) is 0. The summed E-state index contributed by atoms with van der Waals surface area (Å²) < 4.78 is 6.01. The molecule has 3 fully saturated rings. The lowest BCUT2D eigenvalue weighted by Crippen LogP contribution is -2.51. The molecular formula is C29H48O3. The first-order valence-electron chi connectivity index (χ1n) is 13.6. The van der Waals surface area contributed by atoms with Crippen molar-refractivity contribution in [2.45, 2.75) is 124 Å². The summed E-state index contributed by atoms with van der Waals surface area (Å²) >= 11 is 0. The number of esters is 1. The molecule has 8 unspecified atom stereocenters. The number of rotatable bonds is 6. The molecule has 8 atom stereocenters. The third kappa shape index (κ3) is 4.21. The number of hydrogen-bond donors (Lipinski definition) is 1. The van der Waals surface area contributed by atoms with Crippen molar-refractivity contribution in [3.05, 3.63) is 11.1 Å². The van der Waals surface area contributed by atoms with Crippen LogP contribution in [0.2, 0.25) is 0 Å². The predicted molar refractivity (Wildman–Crippen MR) is 130 cm³/mol. The standard InChI is InChI=1S/C29H48O3/c1-18(2)8-7-9-19(3)24-12-13-26-23-16-27(32-20(4)30)29(6)17-21(31)10-11-25(29)22(23)14-15-28(24,26)5/h18-19,21,23-24,26-27,31H,7-17H2,1-6H3. The van der Waals surface area contributed by atoms with Gasteiger partial charge >= 0.3 is 5.97 Å².